The average molecular weight is 398 g/mol. The lowest BCUT2D eigenvalue weighted by molar-refractivity contribution is 0.183. The predicted molar refractivity (Wildman–Crippen MR) is 98.7 cm³/mol. The Morgan fingerprint density at radius 3 is 2.74 bits per heavy atom. The van der Waals surface area contributed by atoms with E-state index in [1.807, 2.05) is 0 Å². The topological polar surface area (TPSA) is 124 Å². The lowest BCUT2D eigenvalue weighted by Gasteiger charge is -2.18. The van der Waals surface area contributed by atoms with Gasteiger partial charge in [-0.2, -0.15) is 4.98 Å². The molecule has 0 saturated heterocycles. The van der Waals surface area contributed by atoms with Gasteiger partial charge in [-0.25, -0.2) is 18.8 Å². The molecule has 0 bridgehead atoms. The van der Waals surface area contributed by atoms with Crippen molar-refractivity contribution < 1.29 is 13.5 Å². The van der Waals surface area contributed by atoms with Gasteiger partial charge in [-0.1, -0.05) is 11.6 Å². The van der Waals surface area contributed by atoms with E-state index in [4.69, 9.17) is 27.8 Å². The van der Waals surface area contributed by atoms with Gasteiger partial charge in [0.1, 0.15) is 28.2 Å². The van der Waals surface area contributed by atoms with E-state index in [0.29, 0.717) is 5.70 Å². The van der Waals surface area contributed by atoms with E-state index in [0.717, 1.165) is 12.3 Å². The number of nitrogens with one attached hydrogen (secondary N) is 1. The first-order valence-electron chi connectivity index (χ1n) is 7.67. The number of nitrogens with zero attached hydrogens (tertiary/aromatic N) is 4. The summed E-state index contributed by atoms with van der Waals surface area (Å²) >= 11 is 6.03. The molecule has 0 aliphatic carbocycles. The summed E-state index contributed by atoms with van der Waals surface area (Å²) in [5.41, 5.74) is 11.7. The molecule has 2 aromatic rings. The van der Waals surface area contributed by atoms with Crippen molar-refractivity contribution in [2.75, 3.05) is 19.0 Å². The van der Waals surface area contributed by atoms with Crippen molar-refractivity contribution in [3.8, 4) is 0 Å². The summed E-state index contributed by atoms with van der Waals surface area (Å²) in [6.45, 7) is 1.67. The number of allylic oxidation sites excluding steroid dienone is 1. The van der Waals surface area contributed by atoms with Crippen LogP contribution in [0.3, 0.4) is 0 Å². The van der Waals surface area contributed by atoms with E-state index < -0.39 is 17.7 Å². The number of aliphatic imine (C=N–C) groups is 1. The van der Waals surface area contributed by atoms with Crippen molar-refractivity contribution in [2.45, 2.75) is 13.0 Å². The molecule has 0 aliphatic rings. The van der Waals surface area contributed by atoms with Gasteiger partial charge in [-0.3, -0.25) is 4.98 Å². The van der Waals surface area contributed by atoms with E-state index in [9.17, 15) is 8.78 Å². The van der Waals surface area contributed by atoms with Crippen LogP contribution >= 0.6 is 11.6 Å². The van der Waals surface area contributed by atoms with E-state index in [2.05, 4.69) is 25.3 Å². The fourth-order valence-electron chi connectivity index (χ4n) is 2.09. The smallest absolute Gasteiger partial charge is 0.225 e. The average Bonchev–Trinajstić information content (AvgIpc) is 2.57. The summed E-state index contributed by atoms with van der Waals surface area (Å²) in [5.74, 6) is -1.35. The lowest BCUT2D eigenvalue weighted by atomic mass is 10.2. The zero-order valence-corrected chi connectivity index (χ0v) is 15.3. The van der Waals surface area contributed by atoms with Gasteiger partial charge in [0.15, 0.2) is 5.82 Å². The number of methoxy groups -OCH3 is 1. The van der Waals surface area contributed by atoms with Gasteiger partial charge in [-0.05, 0) is 13.0 Å². The molecule has 0 amide bonds. The Hall–Kier alpha value is -2.85. The monoisotopic (exact) mass is 397 g/mol. The number of nitrogens with two attached hydrogens (primary N) is 2. The third kappa shape index (κ3) is 5.83. The molecule has 0 radical (unpaired) electrons. The summed E-state index contributed by atoms with van der Waals surface area (Å²) in [5, 5.41) is 3.01. The number of rotatable bonds is 7. The van der Waals surface area contributed by atoms with Crippen molar-refractivity contribution in [3.05, 3.63) is 52.6 Å². The number of hydrogen-bond donors (Lipinski definition) is 3. The highest BCUT2D eigenvalue weighted by Crippen LogP contribution is 2.25. The van der Waals surface area contributed by atoms with Crippen LogP contribution in [-0.2, 0) is 4.74 Å². The van der Waals surface area contributed by atoms with Crippen LogP contribution in [0.5, 0.6) is 0 Å². The third-order valence-electron chi connectivity index (χ3n) is 3.14. The maximum atomic E-state index is 14.0. The van der Waals surface area contributed by atoms with Gasteiger partial charge in [0.25, 0.3) is 0 Å². The zero-order valence-electron chi connectivity index (χ0n) is 14.6. The summed E-state index contributed by atoms with van der Waals surface area (Å²) < 4.78 is 32.2. The molecule has 27 heavy (non-hydrogen) atoms. The Kier molecular flexibility index (Phi) is 6.97. The van der Waals surface area contributed by atoms with Crippen molar-refractivity contribution in [1.29, 1.82) is 0 Å². The van der Waals surface area contributed by atoms with Crippen LogP contribution in [0, 0.1) is 11.6 Å². The van der Waals surface area contributed by atoms with Crippen molar-refractivity contribution in [2.24, 2.45) is 16.5 Å². The summed E-state index contributed by atoms with van der Waals surface area (Å²) in [6.07, 6.45) is 3.65. The Bertz CT molecular complexity index is 872. The van der Waals surface area contributed by atoms with E-state index in [1.54, 1.807) is 6.92 Å². The molecule has 11 heteroatoms. The van der Waals surface area contributed by atoms with Crippen LogP contribution in [0.2, 0.25) is 5.02 Å². The number of amidine groups is 1. The molecule has 0 spiro atoms. The Balaban J connectivity index is 2.33. The van der Waals surface area contributed by atoms with Crippen LogP contribution in [0.15, 0.2) is 35.2 Å². The molecule has 144 valence electrons. The summed E-state index contributed by atoms with van der Waals surface area (Å²) in [4.78, 5) is 16.0. The molecular formula is C16H18ClF2N7O. The first-order valence-corrected chi connectivity index (χ1v) is 8.04. The normalized spacial score (nSPS) is 13.5. The first kappa shape index (κ1) is 20.5. The highest BCUT2D eigenvalue weighted by atomic mass is 35.5. The van der Waals surface area contributed by atoms with Gasteiger partial charge in [0.2, 0.25) is 5.95 Å². The molecule has 0 aromatic carbocycles. The number of aromatic nitrogens is 3. The number of halogens is 3. The number of pyridine rings is 1. The van der Waals surface area contributed by atoms with Crippen LogP contribution in [-0.4, -0.2) is 34.5 Å². The number of anilines is 1. The van der Waals surface area contributed by atoms with Gasteiger partial charge in [0, 0.05) is 18.9 Å². The lowest BCUT2D eigenvalue weighted by Crippen LogP contribution is -2.20. The van der Waals surface area contributed by atoms with Crippen molar-refractivity contribution in [1.82, 2.24) is 15.0 Å². The highest BCUT2D eigenvalue weighted by Gasteiger charge is 2.20. The third-order valence-corrected chi connectivity index (χ3v) is 3.41. The SMILES string of the molecule is COCC(Nc1ncc(Cl)c(N=C(N)/C=C(/C)N)n1)c1ncc(F)cc1F. The van der Waals surface area contributed by atoms with Crippen LogP contribution in [0.1, 0.15) is 18.7 Å². The van der Waals surface area contributed by atoms with E-state index in [-0.39, 0.29) is 34.9 Å². The fraction of sp³-hybridized carbons (Fsp3) is 0.250. The molecule has 1 atom stereocenters. The Morgan fingerprint density at radius 2 is 2.11 bits per heavy atom. The van der Waals surface area contributed by atoms with Crippen LogP contribution in [0.4, 0.5) is 20.5 Å². The fourth-order valence-corrected chi connectivity index (χ4v) is 2.22. The molecule has 2 rings (SSSR count). The second-order valence-corrected chi connectivity index (χ2v) is 5.87. The number of hydrogen-bond acceptors (Lipinski definition) is 7. The minimum atomic E-state index is -0.829. The van der Waals surface area contributed by atoms with Crippen LogP contribution in [0.25, 0.3) is 0 Å². The molecule has 0 fully saturated rings. The molecular weight excluding hydrogens is 380 g/mol. The predicted octanol–water partition coefficient (Wildman–Crippen LogP) is 2.45. The molecule has 2 aromatic heterocycles. The molecule has 8 nitrogen and oxygen atoms in total. The molecule has 5 N–H and O–H groups in total. The first-order chi connectivity index (χ1) is 12.8. The molecule has 0 saturated carbocycles. The minimum absolute atomic E-state index is 0.0252. The van der Waals surface area contributed by atoms with Gasteiger partial charge in [0.05, 0.1) is 25.0 Å². The number of ether oxygens (including phenoxy) is 1. The summed E-state index contributed by atoms with van der Waals surface area (Å²) in [6, 6.07) is -0.0510. The second-order valence-electron chi connectivity index (χ2n) is 5.46. The molecule has 2 heterocycles. The Morgan fingerprint density at radius 1 is 1.37 bits per heavy atom. The van der Waals surface area contributed by atoms with Gasteiger partial charge >= 0.3 is 0 Å². The quantitative estimate of drug-likeness (QED) is 0.484. The molecule has 0 aliphatic heterocycles. The van der Waals surface area contributed by atoms with E-state index in [1.165, 1.54) is 19.4 Å². The van der Waals surface area contributed by atoms with E-state index >= 15 is 0 Å². The van der Waals surface area contributed by atoms with Gasteiger partial charge < -0.3 is 21.5 Å². The van der Waals surface area contributed by atoms with Gasteiger partial charge in [-0.15, -0.1) is 0 Å². The van der Waals surface area contributed by atoms with Crippen molar-refractivity contribution in [3.63, 3.8) is 0 Å². The second kappa shape index (κ2) is 9.19. The maximum Gasteiger partial charge on any atom is 0.225 e. The zero-order chi connectivity index (χ0) is 20.0. The molecule has 1 unspecified atom stereocenters. The standard InChI is InChI=1S/C16H18ClF2N7O/c1-8(20)3-13(21)25-15-10(17)6-23-16(26-15)24-12(7-27-2)14-11(19)4-9(18)5-22-14/h3-6,12H,7,20H2,1-2H3,(H3,21,23,24,25,26)/b8-3-. The Labute approximate surface area is 159 Å². The van der Waals surface area contributed by atoms with Crippen LogP contribution < -0.4 is 16.8 Å². The maximum absolute atomic E-state index is 14.0. The van der Waals surface area contributed by atoms with Crippen molar-refractivity contribution >= 4 is 29.2 Å². The minimum Gasteiger partial charge on any atom is -0.402 e. The largest absolute Gasteiger partial charge is 0.402 e. The highest BCUT2D eigenvalue weighted by molar-refractivity contribution is 6.32. The summed E-state index contributed by atoms with van der Waals surface area (Å²) in [7, 11) is 1.43.